The summed E-state index contributed by atoms with van der Waals surface area (Å²) in [5.41, 5.74) is -1.04. The zero-order valence-corrected chi connectivity index (χ0v) is 13.2. The van der Waals surface area contributed by atoms with Gasteiger partial charge in [0, 0.05) is 6.54 Å². The van der Waals surface area contributed by atoms with Crippen LogP contribution in [0, 0.1) is 5.92 Å². The molecule has 1 aliphatic carbocycles. The van der Waals surface area contributed by atoms with E-state index in [2.05, 4.69) is 5.32 Å². The van der Waals surface area contributed by atoms with Crippen molar-refractivity contribution in [3.8, 4) is 0 Å². The molecule has 0 bridgehead atoms. The Morgan fingerprint density at radius 1 is 1.30 bits per heavy atom. The fourth-order valence-electron chi connectivity index (χ4n) is 2.53. The lowest BCUT2D eigenvalue weighted by atomic mass is 9.94. The molecule has 0 aromatic rings. The molecule has 1 atom stereocenters. The standard InChI is InChI=1S/C15H26N2O3/c1-14(2,3)20-9-8-17-12(18)11(10-6-7-10)16-13(19)15(17,4)5/h10-11H,6-9H2,1-5H3,(H,16,19). The summed E-state index contributed by atoms with van der Waals surface area (Å²) in [4.78, 5) is 26.5. The Morgan fingerprint density at radius 2 is 1.90 bits per heavy atom. The number of nitrogens with one attached hydrogen (secondary N) is 1. The zero-order chi connectivity index (χ0) is 15.1. The van der Waals surface area contributed by atoms with Gasteiger partial charge in [0.05, 0.1) is 12.2 Å². The van der Waals surface area contributed by atoms with Gasteiger partial charge >= 0.3 is 0 Å². The molecule has 1 unspecified atom stereocenters. The number of piperazine rings is 1. The Labute approximate surface area is 121 Å². The van der Waals surface area contributed by atoms with Gasteiger partial charge in [-0.05, 0) is 53.4 Å². The molecule has 2 rings (SSSR count). The molecule has 20 heavy (non-hydrogen) atoms. The van der Waals surface area contributed by atoms with Crippen LogP contribution in [0.4, 0.5) is 0 Å². The topological polar surface area (TPSA) is 58.6 Å². The number of carbonyl (C=O) groups is 2. The minimum atomic E-state index is -0.802. The molecule has 0 aromatic carbocycles. The monoisotopic (exact) mass is 282 g/mol. The number of carbonyl (C=O) groups excluding carboxylic acids is 2. The van der Waals surface area contributed by atoms with E-state index in [0.29, 0.717) is 19.1 Å². The third-order valence-corrected chi connectivity index (χ3v) is 3.99. The van der Waals surface area contributed by atoms with Crippen molar-refractivity contribution in [3.05, 3.63) is 0 Å². The first-order valence-corrected chi connectivity index (χ1v) is 7.39. The number of hydrogen-bond acceptors (Lipinski definition) is 3. The van der Waals surface area contributed by atoms with E-state index in [1.165, 1.54) is 0 Å². The second-order valence-electron chi connectivity index (χ2n) is 7.30. The van der Waals surface area contributed by atoms with E-state index in [1.807, 2.05) is 20.8 Å². The fourth-order valence-corrected chi connectivity index (χ4v) is 2.53. The van der Waals surface area contributed by atoms with Crippen LogP contribution in [0.5, 0.6) is 0 Å². The normalized spacial score (nSPS) is 26.6. The van der Waals surface area contributed by atoms with Gasteiger partial charge in [-0.25, -0.2) is 0 Å². The lowest BCUT2D eigenvalue weighted by molar-refractivity contribution is -0.157. The molecule has 1 heterocycles. The maximum absolute atomic E-state index is 12.6. The minimum absolute atomic E-state index is 0.0367. The first-order valence-electron chi connectivity index (χ1n) is 7.39. The highest BCUT2D eigenvalue weighted by atomic mass is 16.5. The number of rotatable bonds is 4. The van der Waals surface area contributed by atoms with Crippen LogP contribution in [-0.4, -0.2) is 47.0 Å². The Morgan fingerprint density at radius 3 is 2.40 bits per heavy atom. The van der Waals surface area contributed by atoms with Crippen LogP contribution < -0.4 is 5.32 Å². The van der Waals surface area contributed by atoms with Gasteiger partial charge in [0.15, 0.2) is 0 Å². The molecule has 1 saturated carbocycles. The predicted octanol–water partition coefficient (Wildman–Crippen LogP) is 1.32. The van der Waals surface area contributed by atoms with E-state index in [9.17, 15) is 9.59 Å². The maximum Gasteiger partial charge on any atom is 0.246 e. The molecule has 5 nitrogen and oxygen atoms in total. The fraction of sp³-hybridized carbons (Fsp3) is 0.867. The smallest absolute Gasteiger partial charge is 0.246 e. The Kier molecular flexibility index (Phi) is 3.84. The molecule has 1 N–H and O–H groups in total. The maximum atomic E-state index is 12.6. The minimum Gasteiger partial charge on any atom is -0.374 e. The summed E-state index contributed by atoms with van der Waals surface area (Å²) in [5, 5.41) is 2.88. The summed E-state index contributed by atoms with van der Waals surface area (Å²) in [6.07, 6.45) is 2.06. The van der Waals surface area contributed by atoms with Crippen molar-refractivity contribution in [2.45, 2.75) is 64.6 Å². The molecular formula is C15H26N2O3. The third kappa shape index (κ3) is 3.14. The molecule has 2 fully saturated rings. The SMILES string of the molecule is CC(C)(C)OCCN1C(=O)C(C2CC2)NC(=O)C1(C)C. The lowest BCUT2D eigenvalue weighted by Crippen LogP contribution is -2.69. The van der Waals surface area contributed by atoms with Gasteiger partial charge in [0.1, 0.15) is 11.6 Å². The molecule has 5 heteroatoms. The number of amides is 2. The molecule has 2 aliphatic rings. The van der Waals surface area contributed by atoms with E-state index < -0.39 is 5.54 Å². The average molecular weight is 282 g/mol. The van der Waals surface area contributed by atoms with Crippen LogP contribution in [0.1, 0.15) is 47.5 Å². The largest absolute Gasteiger partial charge is 0.374 e. The molecule has 2 amide bonds. The summed E-state index contributed by atoms with van der Waals surface area (Å²) >= 11 is 0. The van der Waals surface area contributed by atoms with Gasteiger partial charge < -0.3 is 15.0 Å². The first-order chi connectivity index (χ1) is 9.13. The van der Waals surface area contributed by atoms with Crippen molar-refractivity contribution >= 4 is 11.8 Å². The first kappa shape index (κ1) is 15.3. The van der Waals surface area contributed by atoms with Crippen LogP contribution in [0.3, 0.4) is 0 Å². The highest BCUT2D eigenvalue weighted by molar-refractivity contribution is 5.99. The summed E-state index contributed by atoms with van der Waals surface area (Å²) in [7, 11) is 0. The zero-order valence-electron chi connectivity index (χ0n) is 13.2. The lowest BCUT2D eigenvalue weighted by Gasteiger charge is -2.44. The Bertz CT molecular complexity index is 408. The molecule has 114 valence electrons. The molecule has 1 saturated heterocycles. The highest BCUT2D eigenvalue weighted by Crippen LogP contribution is 2.36. The van der Waals surface area contributed by atoms with Gasteiger partial charge in [-0.1, -0.05) is 0 Å². The molecule has 0 aromatic heterocycles. The van der Waals surface area contributed by atoms with Crippen LogP contribution in [0.15, 0.2) is 0 Å². The van der Waals surface area contributed by atoms with Crippen molar-refractivity contribution in [2.24, 2.45) is 5.92 Å². The second-order valence-corrected chi connectivity index (χ2v) is 7.30. The van der Waals surface area contributed by atoms with Crippen LogP contribution in [0.25, 0.3) is 0 Å². The van der Waals surface area contributed by atoms with Crippen molar-refractivity contribution in [1.29, 1.82) is 0 Å². The van der Waals surface area contributed by atoms with E-state index in [1.54, 1.807) is 18.7 Å². The van der Waals surface area contributed by atoms with Gasteiger partial charge in [-0.2, -0.15) is 0 Å². The van der Waals surface area contributed by atoms with Crippen molar-refractivity contribution in [1.82, 2.24) is 10.2 Å². The third-order valence-electron chi connectivity index (χ3n) is 3.99. The predicted molar refractivity (Wildman–Crippen MR) is 76.2 cm³/mol. The van der Waals surface area contributed by atoms with Gasteiger partial charge in [-0.15, -0.1) is 0 Å². The number of ether oxygens (including phenoxy) is 1. The summed E-state index contributed by atoms with van der Waals surface area (Å²) < 4.78 is 5.69. The molecule has 1 aliphatic heterocycles. The van der Waals surface area contributed by atoms with Gasteiger partial charge in [0.25, 0.3) is 0 Å². The van der Waals surface area contributed by atoms with E-state index in [4.69, 9.17) is 4.74 Å². The highest BCUT2D eigenvalue weighted by Gasteiger charge is 2.50. The quantitative estimate of drug-likeness (QED) is 0.846. The van der Waals surface area contributed by atoms with Crippen molar-refractivity contribution in [2.75, 3.05) is 13.2 Å². The summed E-state index contributed by atoms with van der Waals surface area (Å²) in [5.74, 6) is 0.299. The van der Waals surface area contributed by atoms with Crippen molar-refractivity contribution < 1.29 is 14.3 Å². The second kappa shape index (κ2) is 5.02. The Hall–Kier alpha value is -1.10. The average Bonchev–Trinajstić information content (AvgIpc) is 3.11. The van der Waals surface area contributed by atoms with E-state index >= 15 is 0 Å². The van der Waals surface area contributed by atoms with Gasteiger partial charge in [0.2, 0.25) is 11.8 Å². The molecule has 0 radical (unpaired) electrons. The van der Waals surface area contributed by atoms with E-state index in [0.717, 1.165) is 12.8 Å². The molecule has 0 spiro atoms. The van der Waals surface area contributed by atoms with Crippen molar-refractivity contribution in [3.63, 3.8) is 0 Å². The summed E-state index contributed by atoms with van der Waals surface area (Å²) in [6.45, 7) is 10.4. The van der Waals surface area contributed by atoms with Crippen LogP contribution in [-0.2, 0) is 14.3 Å². The van der Waals surface area contributed by atoms with Gasteiger partial charge in [-0.3, -0.25) is 9.59 Å². The van der Waals surface area contributed by atoms with E-state index in [-0.39, 0.29) is 23.5 Å². The number of hydrogen-bond donors (Lipinski definition) is 1. The summed E-state index contributed by atoms with van der Waals surface area (Å²) in [6, 6.07) is -0.329. The Balaban J connectivity index is 2.05. The molecular weight excluding hydrogens is 256 g/mol. The number of nitrogens with zero attached hydrogens (tertiary/aromatic N) is 1. The van der Waals surface area contributed by atoms with Crippen LogP contribution in [0.2, 0.25) is 0 Å². The van der Waals surface area contributed by atoms with Crippen LogP contribution >= 0.6 is 0 Å².